The van der Waals surface area contributed by atoms with E-state index in [2.05, 4.69) is 23.0 Å². The number of aromatic nitrogens is 1. The molecule has 1 atom stereocenters. The van der Waals surface area contributed by atoms with E-state index < -0.39 is 0 Å². The van der Waals surface area contributed by atoms with Gasteiger partial charge >= 0.3 is 0 Å². The maximum absolute atomic E-state index is 12.7. The van der Waals surface area contributed by atoms with E-state index in [0.29, 0.717) is 12.1 Å². The zero-order valence-corrected chi connectivity index (χ0v) is 13.5. The first kappa shape index (κ1) is 15.5. The Labute approximate surface area is 136 Å². The highest BCUT2D eigenvalue weighted by atomic mass is 16.5. The Kier molecular flexibility index (Phi) is 4.57. The highest BCUT2D eigenvalue weighted by Gasteiger charge is 2.30. The van der Waals surface area contributed by atoms with Gasteiger partial charge in [-0.3, -0.25) is 14.7 Å². The monoisotopic (exact) mass is 311 g/mol. The van der Waals surface area contributed by atoms with Crippen molar-refractivity contribution in [2.75, 3.05) is 33.8 Å². The quantitative estimate of drug-likeness (QED) is 0.872. The summed E-state index contributed by atoms with van der Waals surface area (Å²) in [6, 6.07) is 11.7. The van der Waals surface area contributed by atoms with Crippen LogP contribution in [0.1, 0.15) is 22.0 Å². The molecule has 5 nitrogen and oxygen atoms in total. The summed E-state index contributed by atoms with van der Waals surface area (Å²) in [5, 5.41) is 0. The number of hydrogen-bond acceptors (Lipinski definition) is 4. The fourth-order valence-electron chi connectivity index (χ4n) is 3.01. The minimum atomic E-state index is 0.0559. The molecule has 1 saturated heterocycles. The minimum absolute atomic E-state index is 0.0559. The fourth-order valence-corrected chi connectivity index (χ4v) is 3.01. The molecule has 0 radical (unpaired) electrons. The number of benzene rings is 1. The highest BCUT2D eigenvalue weighted by molar-refractivity contribution is 5.94. The molecular formula is C18H21N3O2. The van der Waals surface area contributed by atoms with E-state index >= 15 is 0 Å². The number of amides is 1. The first-order valence-electron chi connectivity index (χ1n) is 7.73. The first-order chi connectivity index (χ1) is 11.2. The number of nitrogens with zero attached hydrogens (tertiary/aromatic N) is 3. The van der Waals surface area contributed by atoms with E-state index in [0.717, 1.165) is 24.4 Å². The summed E-state index contributed by atoms with van der Waals surface area (Å²) in [7, 11) is 3.77. The largest absolute Gasteiger partial charge is 0.496 e. The van der Waals surface area contributed by atoms with Gasteiger partial charge < -0.3 is 9.64 Å². The van der Waals surface area contributed by atoms with Crippen molar-refractivity contribution >= 4 is 5.91 Å². The average Bonchev–Trinajstić information content (AvgIpc) is 2.62. The Morgan fingerprint density at radius 2 is 1.91 bits per heavy atom. The summed E-state index contributed by atoms with van der Waals surface area (Å²) in [5.74, 6) is 0.919. The number of pyridine rings is 1. The van der Waals surface area contributed by atoms with Crippen molar-refractivity contribution in [2.45, 2.75) is 6.04 Å². The van der Waals surface area contributed by atoms with Crippen molar-refractivity contribution in [3.05, 3.63) is 59.9 Å². The van der Waals surface area contributed by atoms with Crippen molar-refractivity contribution in [2.24, 2.45) is 0 Å². The molecule has 1 aromatic carbocycles. The number of rotatable bonds is 3. The number of ether oxygens (including phenoxy) is 1. The lowest BCUT2D eigenvalue weighted by Gasteiger charge is -2.40. The summed E-state index contributed by atoms with van der Waals surface area (Å²) in [5.41, 5.74) is 1.80. The molecule has 0 spiro atoms. The van der Waals surface area contributed by atoms with E-state index in [1.165, 1.54) is 0 Å². The van der Waals surface area contributed by atoms with Crippen LogP contribution in [0.2, 0.25) is 0 Å². The Hall–Kier alpha value is -2.40. The van der Waals surface area contributed by atoms with Gasteiger partial charge in [0, 0.05) is 43.2 Å². The lowest BCUT2D eigenvalue weighted by molar-refractivity contribution is 0.0542. The molecular weight excluding hydrogens is 290 g/mol. The molecule has 1 aliphatic heterocycles. The second kappa shape index (κ2) is 6.79. The summed E-state index contributed by atoms with van der Waals surface area (Å²) in [6.07, 6.45) is 3.31. The van der Waals surface area contributed by atoms with Gasteiger partial charge in [-0.25, -0.2) is 0 Å². The van der Waals surface area contributed by atoms with Gasteiger partial charge in [0.05, 0.1) is 13.2 Å². The van der Waals surface area contributed by atoms with E-state index in [9.17, 15) is 4.79 Å². The van der Waals surface area contributed by atoms with Crippen LogP contribution >= 0.6 is 0 Å². The van der Waals surface area contributed by atoms with E-state index in [1.54, 1.807) is 31.6 Å². The summed E-state index contributed by atoms with van der Waals surface area (Å²) in [4.78, 5) is 20.8. The molecule has 0 bridgehead atoms. The Morgan fingerprint density at radius 3 is 2.65 bits per heavy atom. The van der Waals surface area contributed by atoms with Gasteiger partial charge in [0.15, 0.2) is 0 Å². The fraction of sp³-hybridized carbons (Fsp3) is 0.333. The predicted molar refractivity (Wildman–Crippen MR) is 88.5 cm³/mol. The summed E-state index contributed by atoms with van der Waals surface area (Å²) >= 11 is 0. The average molecular weight is 311 g/mol. The molecule has 1 aromatic heterocycles. The lowest BCUT2D eigenvalue weighted by atomic mass is 10.0. The molecule has 2 heterocycles. The van der Waals surface area contributed by atoms with Crippen LogP contribution in [0.5, 0.6) is 5.75 Å². The van der Waals surface area contributed by atoms with E-state index in [-0.39, 0.29) is 11.9 Å². The van der Waals surface area contributed by atoms with Crippen LogP contribution in [0.15, 0.2) is 48.8 Å². The molecule has 120 valence electrons. The van der Waals surface area contributed by atoms with Gasteiger partial charge in [-0.1, -0.05) is 18.2 Å². The molecule has 1 amide bonds. The number of piperazine rings is 1. The number of hydrogen-bond donors (Lipinski definition) is 0. The second-order valence-electron chi connectivity index (χ2n) is 5.73. The van der Waals surface area contributed by atoms with Crippen LogP contribution in [-0.4, -0.2) is 54.5 Å². The van der Waals surface area contributed by atoms with Gasteiger partial charge in [0.25, 0.3) is 5.91 Å². The molecule has 1 fully saturated rings. The standard InChI is InChI=1S/C18H21N3O2/c1-20-11-12-21(18(22)14-7-9-19-10-8-14)13-16(20)15-5-3-4-6-17(15)23-2/h3-10,16H,11-13H2,1-2H3/t16-/m1/s1. The first-order valence-corrected chi connectivity index (χ1v) is 7.73. The number of para-hydroxylation sites is 1. The number of carbonyl (C=O) groups is 1. The zero-order chi connectivity index (χ0) is 16.2. The van der Waals surface area contributed by atoms with Gasteiger partial charge in [-0.05, 0) is 25.2 Å². The van der Waals surface area contributed by atoms with Crippen LogP contribution in [0.3, 0.4) is 0 Å². The lowest BCUT2D eigenvalue weighted by Crippen LogP contribution is -2.49. The minimum Gasteiger partial charge on any atom is -0.496 e. The normalized spacial score (nSPS) is 18.7. The molecule has 3 rings (SSSR count). The summed E-state index contributed by atoms with van der Waals surface area (Å²) in [6.45, 7) is 2.21. The highest BCUT2D eigenvalue weighted by Crippen LogP contribution is 2.31. The molecule has 0 N–H and O–H groups in total. The van der Waals surface area contributed by atoms with Crippen LogP contribution in [0, 0.1) is 0 Å². The Bertz CT molecular complexity index is 675. The Balaban J connectivity index is 1.83. The van der Waals surface area contributed by atoms with Crippen molar-refractivity contribution in [3.63, 3.8) is 0 Å². The van der Waals surface area contributed by atoms with E-state index in [1.807, 2.05) is 23.1 Å². The number of carbonyl (C=O) groups excluding carboxylic acids is 1. The third-order valence-corrected chi connectivity index (χ3v) is 4.36. The molecule has 5 heteroatoms. The van der Waals surface area contributed by atoms with Crippen LogP contribution in [-0.2, 0) is 0 Å². The van der Waals surface area contributed by atoms with E-state index in [4.69, 9.17) is 4.74 Å². The maximum Gasteiger partial charge on any atom is 0.254 e. The molecule has 0 aliphatic carbocycles. The van der Waals surface area contributed by atoms with Crippen LogP contribution < -0.4 is 4.74 Å². The molecule has 23 heavy (non-hydrogen) atoms. The summed E-state index contributed by atoms with van der Waals surface area (Å²) < 4.78 is 5.49. The van der Waals surface area contributed by atoms with Crippen molar-refractivity contribution in [1.29, 1.82) is 0 Å². The topological polar surface area (TPSA) is 45.7 Å². The maximum atomic E-state index is 12.7. The third kappa shape index (κ3) is 3.19. The van der Waals surface area contributed by atoms with Gasteiger partial charge in [0.2, 0.25) is 0 Å². The van der Waals surface area contributed by atoms with Crippen molar-refractivity contribution in [1.82, 2.24) is 14.8 Å². The molecule has 2 aromatic rings. The predicted octanol–water partition coefficient (Wildman–Crippen LogP) is 2.22. The third-order valence-electron chi connectivity index (χ3n) is 4.36. The zero-order valence-electron chi connectivity index (χ0n) is 13.5. The number of methoxy groups -OCH3 is 1. The number of likely N-dealkylation sites (N-methyl/N-ethyl adjacent to an activating group) is 1. The van der Waals surface area contributed by atoms with Crippen LogP contribution in [0.25, 0.3) is 0 Å². The van der Waals surface area contributed by atoms with Crippen molar-refractivity contribution < 1.29 is 9.53 Å². The Morgan fingerprint density at radius 1 is 1.17 bits per heavy atom. The molecule has 1 aliphatic rings. The smallest absolute Gasteiger partial charge is 0.254 e. The van der Waals surface area contributed by atoms with Gasteiger partial charge in [-0.2, -0.15) is 0 Å². The van der Waals surface area contributed by atoms with Crippen molar-refractivity contribution in [3.8, 4) is 5.75 Å². The van der Waals surface area contributed by atoms with Gasteiger partial charge in [-0.15, -0.1) is 0 Å². The van der Waals surface area contributed by atoms with Crippen LogP contribution in [0.4, 0.5) is 0 Å². The molecule has 0 unspecified atom stereocenters. The SMILES string of the molecule is COc1ccccc1[C@H]1CN(C(=O)c2ccncc2)CCN1C. The van der Waals surface area contributed by atoms with Gasteiger partial charge in [0.1, 0.15) is 5.75 Å². The second-order valence-corrected chi connectivity index (χ2v) is 5.73. The molecule has 0 saturated carbocycles.